The molecular weight excluding hydrogens is 939 g/mol. The van der Waals surface area contributed by atoms with Crippen molar-refractivity contribution in [1.82, 2.24) is 5.32 Å². The summed E-state index contributed by atoms with van der Waals surface area (Å²) in [6.45, 7) is 1.66. The Balaban J connectivity index is 1.49. The molecule has 0 aromatic heterocycles. The van der Waals surface area contributed by atoms with Gasteiger partial charge in [0.05, 0.1) is 38.6 Å². The largest absolute Gasteiger partial charge is 0.394 e. The summed E-state index contributed by atoms with van der Waals surface area (Å²) in [5, 5.41) is 120. The van der Waals surface area contributed by atoms with Crippen LogP contribution in [0.4, 0.5) is 0 Å². The minimum Gasteiger partial charge on any atom is -0.394 e. The van der Waals surface area contributed by atoms with Crippen LogP contribution in [0, 0.1) is 0 Å². The van der Waals surface area contributed by atoms with Crippen LogP contribution in [0.25, 0.3) is 0 Å². The van der Waals surface area contributed by atoms with Crippen LogP contribution in [0.1, 0.15) is 187 Å². The van der Waals surface area contributed by atoms with E-state index in [4.69, 9.17) is 28.4 Å². The van der Waals surface area contributed by atoms with Crippen molar-refractivity contribution in [2.75, 3.05) is 26.4 Å². The van der Waals surface area contributed by atoms with Gasteiger partial charge in [0.15, 0.2) is 18.9 Å². The van der Waals surface area contributed by atoms with Crippen molar-refractivity contribution < 1.29 is 89.4 Å². The molecule has 3 rings (SSSR count). The molecule has 3 aliphatic heterocycles. The van der Waals surface area contributed by atoms with Gasteiger partial charge in [0.25, 0.3) is 0 Å². The monoisotopic (exact) mass is 1040 g/mol. The van der Waals surface area contributed by atoms with E-state index in [0.29, 0.717) is 6.42 Å². The SMILES string of the molecule is CCCCCCCCCCCCCCCCCCCC/C=C/C(O)C(COC1OC(CO)C(OC2OC(CO)C(OC3OC(CO)C(O)C(O)C3O)C(O)C2O)C(O)C1O)NC(=O)CCCCCCCCC. The lowest BCUT2D eigenvalue weighted by molar-refractivity contribution is -0.379. The van der Waals surface area contributed by atoms with Crippen LogP contribution in [-0.2, 0) is 33.2 Å². The number of ether oxygens (including phenoxy) is 6. The molecule has 0 bridgehead atoms. The first-order chi connectivity index (χ1) is 34.8. The maximum atomic E-state index is 13.1. The second-order valence-electron chi connectivity index (χ2n) is 20.4. The van der Waals surface area contributed by atoms with Crippen molar-refractivity contribution in [3.8, 4) is 0 Å². The van der Waals surface area contributed by atoms with Crippen LogP contribution in [0.3, 0.4) is 0 Å². The quantitative estimate of drug-likeness (QED) is 0.0309. The van der Waals surface area contributed by atoms with Gasteiger partial charge in [-0.1, -0.05) is 174 Å². The molecule has 0 saturated carbocycles. The van der Waals surface area contributed by atoms with E-state index in [1.54, 1.807) is 6.08 Å². The fourth-order valence-corrected chi connectivity index (χ4v) is 9.66. The molecule has 0 spiro atoms. The lowest BCUT2D eigenvalue weighted by Crippen LogP contribution is -2.66. The van der Waals surface area contributed by atoms with E-state index in [2.05, 4.69) is 19.2 Å². The summed E-state index contributed by atoms with van der Waals surface area (Å²) in [6, 6.07) is -0.964. The van der Waals surface area contributed by atoms with Gasteiger partial charge in [-0.05, 0) is 19.3 Å². The van der Waals surface area contributed by atoms with E-state index in [0.717, 1.165) is 57.8 Å². The summed E-state index contributed by atoms with van der Waals surface area (Å²) in [5.74, 6) is -0.282. The number of amides is 1. The number of rotatable bonds is 40. The van der Waals surface area contributed by atoms with Crippen molar-refractivity contribution in [2.45, 2.75) is 291 Å². The summed E-state index contributed by atoms with van der Waals surface area (Å²) in [4.78, 5) is 13.1. The maximum absolute atomic E-state index is 13.1. The zero-order valence-electron chi connectivity index (χ0n) is 43.7. The summed E-state index contributed by atoms with van der Waals surface area (Å²) in [6.07, 6.45) is 8.13. The molecule has 3 aliphatic rings. The number of aliphatic hydroxyl groups is 11. The van der Waals surface area contributed by atoms with Gasteiger partial charge in [0, 0.05) is 6.42 Å². The van der Waals surface area contributed by atoms with Crippen molar-refractivity contribution in [1.29, 1.82) is 0 Å². The summed E-state index contributed by atoms with van der Waals surface area (Å²) >= 11 is 0. The number of allylic oxidation sites excluding steroid dienone is 1. The smallest absolute Gasteiger partial charge is 0.220 e. The number of hydrogen-bond donors (Lipinski definition) is 12. The maximum Gasteiger partial charge on any atom is 0.220 e. The molecule has 17 atom stereocenters. The van der Waals surface area contributed by atoms with Gasteiger partial charge >= 0.3 is 0 Å². The predicted octanol–water partition coefficient (Wildman–Crippen LogP) is 3.43. The first-order valence-corrected chi connectivity index (χ1v) is 27.9. The molecule has 0 aliphatic carbocycles. The number of carbonyl (C=O) groups excluding carboxylic acids is 1. The Labute approximate surface area is 429 Å². The topological polar surface area (TPSA) is 307 Å². The number of unbranched alkanes of at least 4 members (excludes halogenated alkanes) is 24. The average molecular weight is 1040 g/mol. The van der Waals surface area contributed by atoms with Crippen LogP contribution < -0.4 is 5.32 Å². The summed E-state index contributed by atoms with van der Waals surface area (Å²) < 4.78 is 34.1. The molecule has 0 radical (unpaired) electrons. The van der Waals surface area contributed by atoms with Crippen molar-refractivity contribution >= 4 is 5.91 Å². The molecule has 3 heterocycles. The molecule has 12 N–H and O–H groups in total. The number of nitrogens with one attached hydrogen (secondary N) is 1. The highest BCUT2D eigenvalue weighted by atomic mass is 16.8. The molecule has 424 valence electrons. The predicted molar refractivity (Wildman–Crippen MR) is 268 cm³/mol. The van der Waals surface area contributed by atoms with Gasteiger partial charge in [-0.2, -0.15) is 0 Å². The molecule has 19 nitrogen and oxygen atoms in total. The van der Waals surface area contributed by atoms with E-state index in [1.807, 2.05) is 6.08 Å². The number of aliphatic hydroxyl groups excluding tert-OH is 11. The molecule has 72 heavy (non-hydrogen) atoms. The Bertz CT molecular complexity index is 1380. The molecule has 3 fully saturated rings. The normalized spacial score (nSPS) is 32.0. The Morgan fingerprint density at radius 1 is 0.486 bits per heavy atom. The highest BCUT2D eigenvalue weighted by Crippen LogP contribution is 2.33. The Morgan fingerprint density at radius 3 is 1.31 bits per heavy atom. The first-order valence-electron chi connectivity index (χ1n) is 27.9. The van der Waals surface area contributed by atoms with Crippen LogP contribution >= 0.6 is 0 Å². The van der Waals surface area contributed by atoms with Gasteiger partial charge < -0.3 is 89.9 Å². The van der Waals surface area contributed by atoms with Crippen LogP contribution in [-0.4, -0.2) is 193 Å². The van der Waals surface area contributed by atoms with Gasteiger partial charge in [-0.15, -0.1) is 0 Å². The van der Waals surface area contributed by atoms with Gasteiger partial charge in [0.1, 0.15) is 73.2 Å². The van der Waals surface area contributed by atoms with Gasteiger partial charge in [0.2, 0.25) is 5.91 Å². The Morgan fingerprint density at radius 2 is 0.861 bits per heavy atom. The lowest BCUT2D eigenvalue weighted by atomic mass is 9.96. The van der Waals surface area contributed by atoms with Crippen molar-refractivity contribution in [3.05, 3.63) is 12.2 Å². The van der Waals surface area contributed by atoms with Gasteiger partial charge in [-0.25, -0.2) is 0 Å². The highest BCUT2D eigenvalue weighted by Gasteiger charge is 2.53. The average Bonchev–Trinajstić information content (AvgIpc) is 3.37. The van der Waals surface area contributed by atoms with Crippen molar-refractivity contribution in [3.63, 3.8) is 0 Å². The molecule has 0 aromatic carbocycles. The number of carbonyl (C=O) groups is 1. The fraction of sp³-hybridized carbons (Fsp3) is 0.943. The van der Waals surface area contributed by atoms with E-state index >= 15 is 0 Å². The van der Waals surface area contributed by atoms with E-state index in [9.17, 15) is 61.0 Å². The molecular formula is C53H99NO18. The lowest BCUT2D eigenvalue weighted by Gasteiger charge is -2.48. The Hall–Kier alpha value is -1.47. The zero-order chi connectivity index (χ0) is 52.7. The standard InChI is InChI=1S/C53H99NO18/c1-3-5-7-9-11-12-13-14-15-16-17-18-19-20-21-22-23-25-26-28-30-37(58)36(54-41(59)31-29-27-24-10-8-6-4-2)35-67-51-47(65)44(62)49(39(33-56)69-51)72-53-48(66)45(63)50(40(34-57)70-53)71-52-46(64)43(61)42(60)38(32-55)68-52/h28,30,36-40,42-53,55-58,60-66H,3-27,29,31-35H2,1-2H3,(H,54,59)/b30-28+. The minimum atomic E-state index is -1.97. The van der Waals surface area contributed by atoms with E-state index < -0.39 is 124 Å². The molecule has 1 amide bonds. The summed E-state index contributed by atoms with van der Waals surface area (Å²) in [5.41, 5.74) is 0. The zero-order valence-corrected chi connectivity index (χ0v) is 43.7. The Kier molecular flexibility index (Phi) is 34.3. The molecule has 3 saturated heterocycles. The summed E-state index contributed by atoms with van der Waals surface area (Å²) in [7, 11) is 0. The van der Waals surface area contributed by atoms with Crippen LogP contribution in [0.15, 0.2) is 12.2 Å². The number of hydrogen-bond acceptors (Lipinski definition) is 18. The second-order valence-corrected chi connectivity index (χ2v) is 20.4. The molecule has 19 heteroatoms. The minimum absolute atomic E-state index is 0.244. The molecule has 0 aromatic rings. The van der Waals surface area contributed by atoms with Crippen molar-refractivity contribution in [2.24, 2.45) is 0 Å². The molecule has 17 unspecified atom stereocenters. The fourth-order valence-electron chi connectivity index (χ4n) is 9.66. The van der Waals surface area contributed by atoms with Gasteiger partial charge in [-0.3, -0.25) is 4.79 Å². The second kappa shape index (κ2) is 38.1. The third-order valence-electron chi connectivity index (χ3n) is 14.3. The highest BCUT2D eigenvalue weighted by molar-refractivity contribution is 5.76. The third-order valence-corrected chi connectivity index (χ3v) is 14.3. The van der Waals surface area contributed by atoms with E-state index in [1.165, 1.54) is 103 Å². The third kappa shape index (κ3) is 23.0. The first kappa shape index (κ1) is 64.8. The van der Waals surface area contributed by atoms with E-state index in [-0.39, 0.29) is 18.9 Å². The van der Waals surface area contributed by atoms with Crippen LogP contribution in [0.5, 0.6) is 0 Å². The van der Waals surface area contributed by atoms with Crippen LogP contribution in [0.2, 0.25) is 0 Å².